The number of aromatic nitrogens is 2. The van der Waals surface area contributed by atoms with Gasteiger partial charge in [0.25, 0.3) is 0 Å². The maximum Gasteiger partial charge on any atom is 1.00 e. The molecule has 2 bridgehead atoms. The molecular formula is C14H19N6NaO8S. The number of carboxylic acid groups (broad SMARTS) is 1. The Kier molecular flexibility index (Phi) is 6.47. The number of hydroxylamine groups is 2. The second-order valence-corrected chi connectivity index (χ2v) is 8.60. The van der Waals surface area contributed by atoms with Crippen molar-refractivity contribution in [3.63, 3.8) is 0 Å². The van der Waals surface area contributed by atoms with Gasteiger partial charge in [0.1, 0.15) is 12.1 Å². The summed E-state index contributed by atoms with van der Waals surface area (Å²) in [5, 5.41) is 16.1. The second-order valence-electron chi connectivity index (χ2n) is 7.59. The zero-order valence-corrected chi connectivity index (χ0v) is 19.5. The van der Waals surface area contributed by atoms with Crippen molar-refractivity contribution < 1.29 is 66.3 Å². The largest absolute Gasteiger partial charge is 1.00 e. The molecule has 0 radical (unpaired) electrons. The van der Waals surface area contributed by atoms with Crippen LogP contribution in [0.3, 0.4) is 0 Å². The summed E-state index contributed by atoms with van der Waals surface area (Å²) < 4.78 is 36.5. The van der Waals surface area contributed by atoms with E-state index >= 15 is 0 Å². The molecule has 3 rings (SSSR count). The summed E-state index contributed by atoms with van der Waals surface area (Å²) in [5.41, 5.74) is 4.72. The van der Waals surface area contributed by atoms with Gasteiger partial charge in [0, 0.05) is 23.8 Å². The number of fused-ring (bicyclic) bond motifs is 4. The van der Waals surface area contributed by atoms with Crippen molar-refractivity contribution in [3.05, 3.63) is 17.5 Å². The molecule has 4 amide bonds. The minimum absolute atomic E-state index is 0. The van der Waals surface area contributed by atoms with Crippen molar-refractivity contribution in [2.75, 3.05) is 13.1 Å². The SMILES string of the molecule is CC(C)(C)N(C[C@@H]1c2nn(C(N)=O)cc2[C@H]2CN1C(=O)N2OS(=O)(=O)O)C(=O)[O-].[Na+]. The number of nitrogens with two attached hydrogens (primary N) is 1. The van der Waals surface area contributed by atoms with Gasteiger partial charge in [-0.2, -0.15) is 23.3 Å². The molecule has 0 aliphatic carbocycles. The first-order valence-electron chi connectivity index (χ1n) is 8.35. The molecule has 1 aromatic heterocycles. The van der Waals surface area contributed by atoms with E-state index in [1.165, 1.54) is 6.20 Å². The molecule has 16 heteroatoms. The maximum atomic E-state index is 12.7. The summed E-state index contributed by atoms with van der Waals surface area (Å²) in [5.74, 6) is 0. The Morgan fingerprint density at radius 2 is 2.03 bits per heavy atom. The maximum absolute atomic E-state index is 12.7. The van der Waals surface area contributed by atoms with Gasteiger partial charge in [-0.05, 0) is 20.8 Å². The van der Waals surface area contributed by atoms with E-state index in [9.17, 15) is 27.9 Å². The Morgan fingerprint density at radius 1 is 1.43 bits per heavy atom. The fraction of sp³-hybridized carbons (Fsp3) is 0.571. The van der Waals surface area contributed by atoms with Gasteiger partial charge >= 0.3 is 52.0 Å². The van der Waals surface area contributed by atoms with Crippen LogP contribution in [-0.2, 0) is 14.7 Å². The summed E-state index contributed by atoms with van der Waals surface area (Å²) >= 11 is 0. The number of nitrogens with zero attached hydrogens (tertiary/aromatic N) is 5. The second kappa shape index (κ2) is 7.97. The average Bonchev–Trinajstić information content (AvgIpc) is 3.09. The predicted molar refractivity (Wildman–Crippen MR) is 91.1 cm³/mol. The van der Waals surface area contributed by atoms with E-state index in [0.29, 0.717) is 5.06 Å². The predicted octanol–water partition coefficient (Wildman–Crippen LogP) is -4.17. The van der Waals surface area contributed by atoms with Gasteiger partial charge in [0.2, 0.25) is 0 Å². The molecule has 1 saturated heterocycles. The van der Waals surface area contributed by atoms with Gasteiger partial charge in [-0.1, -0.05) is 0 Å². The molecule has 0 spiro atoms. The fourth-order valence-electron chi connectivity index (χ4n) is 3.43. The number of carbonyl (C=O) groups is 3. The number of hydrogen-bond acceptors (Lipinski definition) is 8. The molecule has 2 aliphatic heterocycles. The van der Waals surface area contributed by atoms with E-state index in [0.717, 1.165) is 14.5 Å². The van der Waals surface area contributed by atoms with Gasteiger partial charge < -0.3 is 25.4 Å². The molecule has 1 fully saturated rings. The quantitative estimate of drug-likeness (QED) is 0.335. The van der Waals surface area contributed by atoms with Crippen LogP contribution in [0.1, 0.15) is 44.1 Å². The standard InChI is InChI=1S/C14H20N6O8S.Na/c1-14(2,3)18(13(23)24)6-9-10-7(4-19(16-10)11(15)21)8-5-17(9)12(22)20(8)28-29(25,26)27;/h4,8-9H,5-6H2,1-3H3,(H2,15,21)(H,23,24)(H,25,26,27);/q;+1/p-1/t8-,9-;/m1./s1. The van der Waals surface area contributed by atoms with Gasteiger partial charge in [0.05, 0.1) is 18.3 Å². The molecule has 0 saturated carbocycles. The monoisotopic (exact) mass is 454 g/mol. The molecular weight excluding hydrogens is 435 g/mol. The Labute approximate surface area is 193 Å². The smallest absolute Gasteiger partial charge is 0.530 e. The van der Waals surface area contributed by atoms with Crippen molar-refractivity contribution in [1.29, 1.82) is 0 Å². The van der Waals surface area contributed by atoms with Gasteiger partial charge in [0.15, 0.2) is 0 Å². The first-order chi connectivity index (χ1) is 13.2. The van der Waals surface area contributed by atoms with Gasteiger partial charge in [-0.15, -0.1) is 4.28 Å². The number of urea groups is 1. The van der Waals surface area contributed by atoms with Crippen molar-refractivity contribution in [3.8, 4) is 0 Å². The van der Waals surface area contributed by atoms with Crippen LogP contribution >= 0.6 is 0 Å². The zero-order valence-electron chi connectivity index (χ0n) is 16.7. The topological polar surface area (TPSA) is 191 Å². The van der Waals surface area contributed by atoms with E-state index in [4.69, 9.17) is 10.3 Å². The molecule has 1 aromatic rings. The third-order valence-corrected chi connectivity index (χ3v) is 5.05. The number of hydrogen-bond donors (Lipinski definition) is 2. The van der Waals surface area contributed by atoms with E-state index in [2.05, 4.69) is 9.38 Å². The van der Waals surface area contributed by atoms with Crippen LogP contribution in [0.25, 0.3) is 0 Å². The van der Waals surface area contributed by atoms with Crippen LogP contribution in [0.15, 0.2) is 6.20 Å². The third kappa shape index (κ3) is 4.40. The Morgan fingerprint density at radius 3 is 2.50 bits per heavy atom. The Balaban J connectivity index is 0.00000320. The van der Waals surface area contributed by atoms with Crippen LogP contribution in [0.5, 0.6) is 0 Å². The van der Waals surface area contributed by atoms with E-state index < -0.39 is 46.2 Å². The first kappa shape index (κ1) is 24.4. The van der Waals surface area contributed by atoms with Crippen molar-refractivity contribution in [1.82, 2.24) is 24.6 Å². The minimum atomic E-state index is -5.02. The van der Waals surface area contributed by atoms with Gasteiger partial charge in [-0.3, -0.25) is 4.55 Å². The Bertz CT molecular complexity index is 989. The molecule has 160 valence electrons. The zero-order chi connectivity index (χ0) is 21.9. The molecule has 30 heavy (non-hydrogen) atoms. The van der Waals surface area contributed by atoms with Gasteiger partial charge in [-0.25, -0.2) is 9.59 Å². The number of primary amides is 1. The first-order valence-corrected chi connectivity index (χ1v) is 9.72. The number of carbonyl (C=O) groups excluding carboxylic acids is 3. The molecule has 0 unspecified atom stereocenters. The van der Waals surface area contributed by atoms with E-state index in [-0.39, 0.29) is 53.9 Å². The van der Waals surface area contributed by atoms with Crippen LogP contribution in [-0.4, -0.2) is 74.4 Å². The molecule has 14 nitrogen and oxygen atoms in total. The van der Waals surface area contributed by atoms with Crippen molar-refractivity contribution in [2.24, 2.45) is 5.73 Å². The van der Waals surface area contributed by atoms with Crippen LogP contribution in [0.2, 0.25) is 0 Å². The Hall–Kier alpha value is -1.91. The minimum Gasteiger partial charge on any atom is -0.530 e. The molecule has 2 aliphatic rings. The molecule has 0 aromatic carbocycles. The molecule has 2 atom stereocenters. The fourth-order valence-corrected chi connectivity index (χ4v) is 3.80. The van der Waals surface area contributed by atoms with Crippen molar-refractivity contribution in [2.45, 2.75) is 38.4 Å². The summed E-state index contributed by atoms with van der Waals surface area (Å²) in [6.45, 7) is 4.50. The van der Waals surface area contributed by atoms with Crippen LogP contribution in [0, 0.1) is 0 Å². The third-order valence-electron chi connectivity index (χ3n) is 4.70. The summed E-state index contributed by atoms with van der Waals surface area (Å²) in [7, 11) is -5.02. The normalized spacial score (nSPS) is 20.6. The summed E-state index contributed by atoms with van der Waals surface area (Å²) in [6, 6.07) is -3.87. The van der Waals surface area contributed by atoms with Crippen molar-refractivity contribution >= 4 is 28.6 Å². The van der Waals surface area contributed by atoms with E-state index in [1.807, 2.05) is 0 Å². The molecule has 3 N–H and O–H groups in total. The van der Waals surface area contributed by atoms with E-state index in [1.54, 1.807) is 20.8 Å². The molecule has 3 heterocycles. The van der Waals surface area contributed by atoms with Crippen LogP contribution < -0.4 is 40.4 Å². The number of rotatable bonds is 4. The van der Waals surface area contributed by atoms with Crippen LogP contribution in [0.4, 0.5) is 14.4 Å². The summed E-state index contributed by atoms with van der Waals surface area (Å²) in [6.07, 6.45) is -0.292. The summed E-state index contributed by atoms with van der Waals surface area (Å²) in [4.78, 5) is 38.0. The number of amides is 4. The average molecular weight is 454 g/mol.